The number of rotatable bonds is 6. The van der Waals surface area contributed by atoms with Gasteiger partial charge in [-0.05, 0) is 67.1 Å². The summed E-state index contributed by atoms with van der Waals surface area (Å²) in [4.78, 5) is 13.9. The van der Waals surface area contributed by atoms with E-state index in [1.54, 1.807) is 16.9 Å². The minimum absolute atomic E-state index is 0.106. The number of anilines is 1. The van der Waals surface area contributed by atoms with Crippen molar-refractivity contribution in [3.63, 3.8) is 0 Å². The zero-order valence-electron chi connectivity index (χ0n) is 15.8. The van der Waals surface area contributed by atoms with Crippen LogP contribution in [-0.4, -0.2) is 27.5 Å². The van der Waals surface area contributed by atoms with Gasteiger partial charge in [0.25, 0.3) is 0 Å². The van der Waals surface area contributed by atoms with Crippen LogP contribution in [0.25, 0.3) is 16.7 Å². The highest BCUT2D eigenvalue weighted by Gasteiger charge is 2.09. The van der Waals surface area contributed by atoms with Crippen molar-refractivity contribution in [2.45, 2.75) is 13.3 Å². The van der Waals surface area contributed by atoms with E-state index in [9.17, 15) is 4.79 Å². The molecular formula is C22H19ClN4O2. The normalized spacial score (nSPS) is 10.8. The summed E-state index contributed by atoms with van der Waals surface area (Å²) in [5.74, 6) is 0.698. The molecule has 3 aromatic carbocycles. The number of aromatic nitrogens is 3. The van der Waals surface area contributed by atoms with Crippen LogP contribution in [0.5, 0.6) is 5.75 Å². The number of nitrogens with zero attached hydrogens (tertiary/aromatic N) is 3. The Bertz CT molecular complexity index is 1140. The van der Waals surface area contributed by atoms with Crippen molar-refractivity contribution in [3.05, 3.63) is 77.3 Å². The summed E-state index contributed by atoms with van der Waals surface area (Å²) in [5, 5.41) is 12.6. The van der Waals surface area contributed by atoms with E-state index >= 15 is 0 Å². The Balaban J connectivity index is 1.49. The summed E-state index contributed by atoms with van der Waals surface area (Å²) in [7, 11) is 0. The number of hydrogen-bond donors (Lipinski definition) is 1. The van der Waals surface area contributed by atoms with Crippen LogP contribution >= 0.6 is 11.6 Å². The number of halogens is 1. The van der Waals surface area contributed by atoms with Crippen molar-refractivity contribution in [1.82, 2.24) is 15.0 Å². The number of hydrogen-bond acceptors (Lipinski definition) is 4. The van der Waals surface area contributed by atoms with E-state index in [1.165, 1.54) is 0 Å². The lowest BCUT2D eigenvalue weighted by molar-refractivity contribution is -0.115. The molecule has 0 fully saturated rings. The smallest absolute Gasteiger partial charge is 0.228 e. The average Bonchev–Trinajstić information content (AvgIpc) is 3.14. The first kappa shape index (κ1) is 19.0. The third kappa shape index (κ3) is 4.55. The fourth-order valence-corrected chi connectivity index (χ4v) is 3.07. The lowest BCUT2D eigenvalue weighted by atomic mass is 10.1. The van der Waals surface area contributed by atoms with Gasteiger partial charge in [0, 0.05) is 10.7 Å². The second kappa shape index (κ2) is 8.32. The third-order valence-electron chi connectivity index (χ3n) is 4.32. The van der Waals surface area contributed by atoms with Gasteiger partial charge in [0.05, 0.1) is 18.7 Å². The number of amides is 1. The van der Waals surface area contributed by atoms with E-state index in [4.69, 9.17) is 16.3 Å². The Kier molecular flexibility index (Phi) is 5.44. The maximum absolute atomic E-state index is 12.3. The third-order valence-corrected chi connectivity index (χ3v) is 4.57. The van der Waals surface area contributed by atoms with Crippen LogP contribution in [0.4, 0.5) is 5.69 Å². The lowest BCUT2D eigenvalue weighted by Gasteiger charge is -2.05. The molecule has 0 spiro atoms. The van der Waals surface area contributed by atoms with Crippen LogP contribution in [0, 0.1) is 0 Å². The van der Waals surface area contributed by atoms with E-state index in [0.29, 0.717) is 22.8 Å². The van der Waals surface area contributed by atoms with Crippen molar-refractivity contribution < 1.29 is 9.53 Å². The van der Waals surface area contributed by atoms with Gasteiger partial charge >= 0.3 is 0 Å². The number of fused-ring (bicyclic) bond motifs is 1. The van der Waals surface area contributed by atoms with Gasteiger partial charge in [0.2, 0.25) is 5.91 Å². The van der Waals surface area contributed by atoms with Crippen LogP contribution in [-0.2, 0) is 11.2 Å². The molecule has 1 N–H and O–H groups in total. The Morgan fingerprint density at radius 3 is 2.45 bits per heavy atom. The molecule has 0 bridgehead atoms. The first-order valence-corrected chi connectivity index (χ1v) is 9.63. The first-order valence-electron chi connectivity index (χ1n) is 9.25. The molecule has 0 saturated heterocycles. The molecule has 0 atom stereocenters. The van der Waals surface area contributed by atoms with Gasteiger partial charge in [-0.1, -0.05) is 23.7 Å². The van der Waals surface area contributed by atoms with Crippen LogP contribution in [0.2, 0.25) is 5.02 Å². The zero-order valence-corrected chi connectivity index (χ0v) is 16.6. The molecule has 0 saturated carbocycles. The Morgan fingerprint density at radius 1 is 1.00 bits per heavy atom. The maximum Gasteiger partial charge on any atom is 0.228 e. The van der Waals surface area contributed by atoms with Gasteiger partial charge in [-0.2, -0.15) is 4.80 Å². The summed E-state index contributed by atoms with van der Waals surface area (Å²) in [5.41, 5.74) is 3.85. The van der Waals surface area contributed by atoms with Crippen LogP contribution in [0.1, 0.15) is 12.5 Å². The standard InChI is InChI=1S/C22H19ClN4O2/c1-2-29-19-10-8-18(9-11-19)27-25-20-12-7-17(14-21(20)26-27)24-22(28)13-15-3-5-16(23)6-4-15/h3-12,14H,2,13H2,1H3,(H,24,28). The fraction of sp³-hybridized carbons (Fsp3) is 0.136. The van der Waals surface area contributed by atoms with E-state index in [-0.39, 0.29) is 12.3 Å². The van der Waals surface area contributed by atoms with Gasteiger partial charge in [-0.3, -0.25) is 4.79 Å². The molecular weight excluding hydrogens is 388 g/mol. The number of benzene rings is 3. The van der Waals surface area contributed by atoms with E-state index in [1.807, 2.05) is 61.5 Å². The van der Waals surface area contributed by atoms with Crippen LogP contribution in [0.3, 0.4) is 0 Å². The van der Waals surface area contributed by atoms with Gasteiger partial charge in [-0.25, -0.2) is 0 Å². The average molecular weight is 407 g/mol. The molecule has 1 amide bonds. The van der Waals surface area contributed by atoms with E-state index < -0.39 is 0 Å². The molecule has 1 heterocycles. The first-order chi connectivity index (χ1) is 14.1. The highest BCUT2D eigenvalue weighted by atomic mass is 35.5. The fourth-order valence-electron chi connectivity index (χ4n) is 2.94. The van der Waals surface area contributed by atoms with Crippen LogP contribution in [0.15, 0.2) is 66.7 Å². The molecule has 0 aliphatic carbocycles. The zero-order chi connectivity index (χ0) is 20.2. The van der Waals surface area contributed by atoms with Gasteiger partial charge in [0.1, 0.15) is 16.8 Å². The highest BCUT2D eigenvalue weighted by Crippen LogP contribution is 2.19. The number of carbonyl (C=O) groups is 1. The summed E-state index contributed by atoms with van der Waals surface area (Å²) in [6.07, 6.45) is 0.272. The lowest BCUT2D eigenvalue weighted by Crippen LogP contribution is -2.14. The summed E-state index contributed by atoms with van der Waals surface area (Å²) < 4.78 is 5.46. The Labute approximate surface area is 173 Å². The van der Waals surface area contributed by atoms with E-state index in [2.05, 4.69) is 15.5 Å². The predicted octanol–water partition coefficient (Wildman–Crippen LogP) is 4.65. The molecule has 0 radical (unpaired) electrons. The molecule has 0 aliphatic rings. The van der Waals surface area contributed by atoms with Crippen molar-refractivity contribution in [3.8, 4) is 11.4 Å². The molecule has 4 rings (SSSR count). The summed E-state index contributed by atoms with van der Waals surface area (Å²) in [6, 6.07) is 20.3. The van der Waals surface area contributed by atoms with Gasteiger partial charge in [-0.15, -0.1) is 10.2 Å². The molecule has 29 heavy (non-hydrogen) atoms. The number of ether oxygens (including phenoxy) is 1. The molecule has 6 nitrogen and oxygen atoms in total. The van der Waals surface area contributed by atoms with Crippen molar-refractivity contribution in [2.24, 2.45) is 0 Å². The predicted molar refractivity (Wildman–Crippen MR) is 114 cm³/mol. The maximum atomic E-state index is 12.3. The van der Waals surface area contributed by atoms with Crippen LogP contribution < -0.4 is 10.1 Å². The quantitative estimate of drug-likeness (QED) is 0.506. The Morgan fingerprint density at radius 2 is 1.72 bits per heavy atom. The van der Waals surface area contributed by atoms with Crippen molar-refractivity contribution in [2.75, 3.05) is 11.9 Å². The second-order valence-electron chi connectivity index (χ2n) is 6.47. The Hall–Kier alpha value is -3.38. The molecule has 0 aliphatic heterocycles. The largest absolute Gasteiger partial charge is 0.494 e. The molecule has 1 aromatic heterocycles. The monoisotopic (exact) mass is 406 g/mol. The summed E-state index contributed by atoms with van der Waals surface area (Å²) >= 11 is 5.88. The van der Waals surface area contributed by atoms with E-state index in [0.717, 1.165) is 22.5 Å². The van der Waals surface area contributed by atoms with Crippen molar-refractivity contribution >= 4 is 34.2 Å². The van der Waals surface area contributed by atoms with Gasteiger partial charge in [0.15, 0.2) is 0 Å². The molecule has 4 aromatic rings. The molecule has 7 heteroatoms. The highest BCUT2D eigenvalue weighted by molar-refractivity contribution is 6.30. The minimum atomic E-state index is -0.106. The second-order valence-corrected chi connectivity index (χ2v) is 6.91. The number of carbonyl (C=O) groups excluding carboxylic acids is 1. The SMILES string of the molecule is CCOc1ccc(-n2nc3ccc(NC(=O)Cc4ccc(Cl)cc4)cc3n2)cc1. The molecule has 146 valence electrons. The van der Waals surface area contributed by atoms with Crippen molar-refractivity contribution in [1.29, 1.82) is 0 Å². The minimum Gasteiger partial charge on any atom is -0.494 e. The topological polar surface area (TPSA) is 69.0 Å². The summed E-state index contributed by atoms with van der Waals surface area (Å²) in [6.45, 7) is 2.57. The van der Waals surface area contributed by atoms with Gasteiger partial charge < -0.3 is 10.1 Å². The number of nitrogens with one attached hydrogen (secondary N) is 1. The molecule has 0 unspecified atom stereocenters.